The summed E-state index contributed by atoms with van der Waals surface area (Å²) in [5, 5.41) is 10.9. The minimum atomic E-state index is -0.236. The minimum absolute atomic E-state index is 0.107. The van der Waals surface area contributed by atoms with Crippen LogP contribution in [0.4, 0.5) is 5.69 Å². The van der Waals surface area contributed by atoms with E-state index in [-0.39, 0.29) is 18.2 Å². The maximum absolute atomic E-state index is 6.88. The number of nitrogens with two attached hydrogens (primary N) is 1. The molecule has 2 aliphatic rings. The zero-order valence-electron chi connectivity index (χ0n) is 28.6. The van der Waals surface area contributed by atoms with E-state index in [0.717, 1.165) is 57.4 Å². The zero-order valence-corrected chi connectivity index (χ0v) is 28.6. The summed E-state index contributed by atoms with van der Waals surface area (Å²) in [6.07, 6.45) is 3.13. The van der Waals surface area contributed by atoms with Crippen molar-refractivity contribution < 1.29 is 4.42 Å². The monoisotopic (exact) mass is 664 g/mol. The first-order chi connectivity index (χ1) is 25.1. The van der Waals surface area contributed by atoms with Crippen LogP contribution < -0.4 is 11.1 Å². The molecule has 1 aromatic heterocycles. The fourth-order valence-corrected chi connectivity index (χ4v) is 7.90. The summed E-state index contributed by atoms with van der Waals surface area (Å²) in [5.74, 6) is 0.287. The summed E-state index contributed by atoms with van der Waals surface area (Å²) < 4.78 is 6.50. The smallest absolute Gasteiger partial charge is 0.142 e. The Morgan fingerprint density at radius 2 is 1.43 bits per heavy atom. The van der Waals surface area contributed by atoms with Crippen LogP contribution in [0, 0.1) is 5.92 Å². The molecule has 7 aromatic rings. The van der Waals surface area contributed by atoms with Gasteiger partial charge in [0.2, 0.25) is 0 Å². The van der Waals surface area contributed by atoms with Crippen molar-refractivity contribution in [3.8, 4) is 0 Å². The number of furan rings is 1. The third-order valence-electron chi connectivity index (χ3n) is 10.3. The molecule has 0 bridgehead atoms. The average Bonchev–Trinajstić information content (AvgIpc) is 3.75. The van der Waals surface area contributed by atoms with E-state index >= 15 is 0 Å². The van der Waals surface area contributed by atoms with Crippen LogP contribution in [0.1, 0.15) is 53.5 Å². The van der Waals surface area contributed by atoms with Crippen molar-refractivity contribution in [3.05, 3.63) is 197 Å². The molecule has 3 N–H and O–H groups in total. The third-order valence-corrected chi connectivity index (χ3v) is 10.3. The van der Waals surface area contributed by atoms with E-state index in [0.29, 0.717) is 0 Å². The lowest BCUT2D eigenvalue weighted by atomic mass is 9.80. The number of hydrogen-bond acceptors (Lipinski definition) is 5. The number of rotatable bonds is 9. The van der Waals surface area contributed by atoms with Gasteiger partial charge in [0.05, 0.1) is 6.17 Å². The number of hydrogen-bond donors (Lipinski definition) is 2. The van der Waals surface area contributed by atoms with E-state index in [4.69, 9.17) is 10.2 Å². The number of benzene rings is 6. The highest BCUT2D eigenvalue weighted by molar-refractivity contribution is 6.08. The van der Waals surface area contributed by atoms with Crippen LogP contribution in [0.25, 0.3) is 33.1 Å². The molecule has 9 rings (SSSR count). The van der Waals surface area contributed by atoms with Gasteiger partial charge in [-0.1, -0.05) is 146 Å². The first-order valence-corrected chi connectivity index (χ1v) is 17.8. The number of fused-ring (bicyclic) bond motifs is 3. The van der Waals surface area contributed by atoms with Crippen LogP contribution in [0.15, 0.2) is 174 Å². The molecule has 1 saturated heterocycles. The van der Waals surface area contributed by atoms with E-state index in [2.05, 4.69) is 174 Å². The quantitative estimate of drug-likeness (QED) is 0.150. The van der Waals surface area contributed by atoms with Gasteiger partial charge in [-0.05, 0) is 70.0 Å². The Morgan fingerprint density at radius 3 is 2.24 bits per heavy atom. The van der Waals surface area contributed by atoms with Gasteiger partial charge in [-0.2, -0.15) is 5.01 Å². The second-order valence-electron chi connectivity index (χ2n) is 13.7. The molecule has 5 atom stereocenters. The molecule has 5 heteroatoms. The fourth-order valence-electron chi connectivity index (χ4n) is 7.90. The van der Waals surface area contributed by atoms with Gasteiger partial charge in [-0.25, -0.2) is 5.01 Å². The molecule has 2 heterocycles. The summed E-state index contributed by atoms with van der Waals surface area (Å²) in [4.78, 5) is 0. The van der Waals surface area contributed by atoms with E-state index in [1.54, 1.807) is 0 Å². The topological polar surface area (TPSA) is 57.2 Å². The molecule has 1 aliphatic heterocycles. The van der Waals surface area contributed by atoms with Crippen LogP contribution in [0.5, 0.6) is 0 Å². The third kappa shape index (κ3) is 5.96. The average molecular weight is 665 g/mol. The van der Waals surface area contributed by atoms with Gasteiger partial charge in [0.15, 0.2) is 0 Å². The first kappa shape index (κ1) is 31.3. The summed E-state index contributed by atoms with van der Waals surface area (Å²) in [6, 6.07) is 55.4. The van der Waals surface area contributed by atoms with Crippen molar-refractivity contribution in [3.63, 3.8) is 0 Å². The molecule has 1 fully saturated rings. The summed E-state index contributed by atoms with van der Waals surface area (Å²) >= 11 is 0. The maximum Gasteiger partial charge on any atom is 0.142 e. The van der Waals surface area contributed by atoms with Crippen LogP contribution in [0.2, 0.25) is 0 Å². The molecule has 51 heavy (non-hydrogen) atoms. The zero-order chi connectivity index (χ0) is 34.3. The van der Waals surface area contributed by atoms with Crippen LogP contribution in [0.3, 0.4) is 0 Å². The second kappa shape index (κ2) is 13.2. The summed E-state index contributed by atoms with van der Waals surface area (Å²) in [7, 11) is 0. The number of allylic oxidation sites excluding steroid dienone is 3. The highest BCUT2D eigenvalue weighted by atomic mass is 16.3. The number of nitrogens with one attached hydrogen (secondary N) is 1. The minimum Gasteiger partial charge on any atom is -0.455 e. The van der Waals surface area contributed by atoms with E-state index in [1.165, 1.54) is 27.8 Å². The molecule has 0 saturated carbocycles. The Kier molecular flexibility index (Phi) is 8.09. The Bertz CT molecular complexity index is 2400. The number of para-hydroxylation sites is 2. The van der Waals surface area contributed by atoms with E-state index in [9.17, 15) is 0 Å². The predicted molar refractivity (Wildman–Crippen MR) is 209 cm³/mol. The van der Waals surface area contributed by atoms with Gasteiger partial charge < -0.3 is 15.5 Å². The number of anilines is 1. The Balaban J connectivity index is 1.06. The van der Waals surface area contributed by atoms with Gasteiger partial charge in [0, 0.05) is 34.3 Å². The van der Waals surface area contributed by atoms with Gasteiger partial charge in [-0.15, -0.1) is 0 Å². The Morgan fingerprint density at radius 1 is 0.745 bits per heavy atom. The van der Waals surface area contributed by atoms with Gasteiger partial charge >= 0.3 is 0 Å². The van der Waals surface area contributed by atoms with Gasteiger partial charge in [-0.3, -0.25) is 0 Å². The van der Waals surface area contributed by atoms with Gasteiger partial charge in [0.1, 0.15) is 17.3 Å². The lowest BCUT2D eigenvalue weighted by Crippen LogP contribution is -2.23. The largest absolute Gasteiger partial charge is 0.455 e. The fraction of sp³-hybridized carbons (Fsp3) is 0.130. The predicted octanol–water partition coefficient (Wildman–Crippen LogP) is 10.9. The van der Waals surface area contributed by atoms with E-state index < -0.39 is 0 Å². The molecule has 5 nitrogen and oxygen atoms in total. The molecule has 6 aromatic carbocycles. The highest BCUT2D eigenvalue weighted by Crippen LogP contribution is 2.48. The van der Waals surface area contributed by atoms with Crippen molar-refractivity contribution in [1.29, 1.82) is 0 Å². The highest BCUT2D eigenvalue weighted by Gasteiger charge is 2.49. The summed E-state index contributed by atoms with van der Waals surface area (Å²) in [6.45, 7) is 3.08. The molecule has 0 radical (unpaired) electrons. The normalized spacial score (nSPS) is 20.7. The Hall–Kier alpha value is -5.72. The van der Waals surface area contributed by atoms with Crippen molar-refractivity contribution in [1.82, 2.24) is 10.0 Å². The molecule has 3 unspecified atom stereocenters. The standard InChI is InChI=1S/C46H40N4O/c1-31-27-36(38-24-14-25-40-39-23-11-12-26-42(39)51-44(38)40)29-41(43(31)33-16-5-2-6-17-33)48-37-22-13-15-32(28-37)30-49-46(35-20-9-4-10-21-35)50(49)45(47)34-18-7-3-8-19-34/h2-26,28-29,31,45-46,48H,27,30,47H2,1H3/t31?,45?,46?,49-,50+/m1/s1. The van der Waals surface area contributed by atoms with Crippen LogP contribution >= 0.6 is 0 Å². The number of hydrazine groups is 1. The van der Waals surface area contributed by atoms with Crippen molar-refractivity contribution in [2.24, 2.45) is 11.7 Å². The molecule has 0 spiro atoms. The lowest BCUT2D eigenvalue weighted by molar-refractivity contribution is 0.237. The maximum atomic E-state index is 6.88. The van der Waals surface area contributed by atoms with Gasteiger partial charge in [0.25, 0.3) is 0 Å². The summed E-state index contributed by atoms with van der Waals surface area (Å²) in [5.41, 5.74) is 19.4. The molecule has 1 aliphatic carbocycles. The van der Waals surface area contributed by atoms with Crippen molar-refractivity contribution in [2.45, 2.75) is 32.2 Å². The van der Waals surface area contributed by atoms with Crippen molar-refractivity contribution >= 4 is 38.8 Å². The molecular formula is C46H40N4O. The Labute approximate surface area is 298 Å². The molecule has 0 amide bonds. The number of nitrogens with zero attached hydrogens (tertiary/aromatic N) is 2. The van der Waals surface area contributed by atoms with Crippen LogP contribution in [-0.2, 0) is 6.54 Å². The van der Waals surface area contributed by atoms with Crippen molar-refractivity contribution in [2.75, 3.05) is 5.32 Å². The molecular weight excluding hydrogens is 625 g/mol. The second-order valence-corrected chi connectivity index (χ2v) is 13.7. The van der Waals surface area contributed by atoms with E-state index in [1.807, 2.05) is 12.1 Å². The SMILES string of the molecule is CC1CC(c2cccc3c2oc2ccccc23)=CC(Nc2cccc(C[N@]3C(c4ccccc4)[N@]3C(N)c3ccccc3)c2)=C1c1ccccc1. The lowest BCUT2D eigenvalue weighted by Gasteiger charge is -2.28. The molecule has 250 valence electrons. The van der Waals surface area contributed by atoms with Crippen LogP contribution in [-0.4, -0.2) is 10.0 Å². The first-order valence-electron chi connectivity index (χ1n) is 17.8.